The summed E-state index contributed by atoms with van der Waals surface area (Å²) in [5.41, 5.74) is 3.82. The first-order valence-electron chi connectivity index (χ1n) is 4.71. The van der Waals surface area contributed by atoms with Crippen LogP contribution in [0.4, 0.5) is 0 Å². The van der Waals surface area contributed by atoms with Gasteiger partial charge in [-0.25, -0.2) is 4.79 Å². The van der Waals surface area contributed by atoms with E-state index in [9.17, 15) is 4.79 Å². The maximum atomic E-state index is 10.6. The molecule has 0 aliphatic carbocycles. The fourth-order valence-corrected chi connectivity index (χ4v) is 2.41. The molecule has 0 aromatic heterocycles. The van der Waals surface area contributed by atoms with Gasteiger partial charge in [0.15, 0.2) is 0 Å². The summed E-state index contributed by atoms with van der Waals surface area (Å²) in [7, 11) is 0. The van der Waals surface area contributed by atoms with E-state index in [1.54, 1.807) is 0 Å². The molecule has 1 aromatic carbocycles. The van der Waals surface area contributed by atoms with E-state index < -0.39 is 5.97 Å². The zero-order valence-electron chi connectivity index (χ0n) is 9.27. The number of hydrogen-bond donors (Lipinski definition) is 1. The minimum atomic E-state index is -1.04. The van der Waals surface area contributed by atoms with E-state index in [4.69, 9.17) is 16.7 Å². The van der Waals surface area contributed by atoms with Gasteiger partial charge in [0.25, 0.3) is 0 Å². The molecular formula is C12H12BrClO2. The number of aryl methyl sites for hydroxylation is 2. The van der Waals surface area contributed by atoms with Crippen molar-refractivity contribution in [3.8, 4) is 0 Å². The van der Waals surface area contributed by atoms with Gasteiger partial charge in [-0.1, -0.05) is 33.6 Å². The van der Waals surface area contributed by atoms with Gasteiger partial charge < -0.3 is 5.11 Å². The Labute approximate surface area is 108 Å². The number of carbonyl (C=O) groups is 1. The third kappa shape index (κ3) is 2.66. The second kappa shape index (κ2) is 5.02. The Morgan fingerprint density at radius 1 is 1.38 bits per heavy atom. The highest BCUT2D eigenvalue weighted by molar-refractivity contribution is 9.10. The molecule has 0 saturated carbocycles. The van der Waals surface area contributed by atoms with Gasteiger partial charge in [0, 0.05) is 16.1 Å². The third-order valence-corrected chi connectivity index (χ3v) is 3.89. The number of benzene rings is 1. The normalized spacial score (nSPS) is 11.7. The first kappa shape index (κ1) is 13.3. The number of aliphatic carboxylic acids is 1. The van der Waals surface area contributed by atoms with Crippen molar-refractivity contribution < 1.29 is 9.90 Å². The van der Waals surface area contributed by atoms with Gasteiger partial charge in [-0.15, -0.1) is 0 Å². The molecular weight excluding hydrogens is 291 g/mol. The van der Waals surface area contributed by atoms with E-state index in [-0.39, 0.29) is 5.03 Å². The van der Waals surface area contributed by atoms with Crippen LogP contribution in [0.25, 0.3) is 5.03 Å². The molecule has 86 valence electrons. The van der Waals surface area contributed by atoms with Crippen molar-refractivity contribution in [2.45, 2.75) is 20.8 Å². The first-order chi connectivity index (χ1) is 7.34. The van der Waals surface area contributed by atoms with Crippen LogP contribution in [0.1, 0.15) is 22.3 Å². The second-order valence-electron chi connectivity index (χ2n) is 3.65. The van der Waals surface area contributed by atoms with E-state index in [1.165, 1.54) is 0 Å². The molecule has 0 atom stereocenters. The van der Waals surface area contributed by atoms with Crippen LogP contribution >= 0.6 is 27.5 Å². The van der Waals surface area contributed by atoms with Crippen molar-refractivity contribution >= 4 is 38.5 Å². The van der Waals surface area contributed by atoms with Gasteiger partial charge in [0.1, 0.15) is 0 Å². The Hall–Kier alpha value is -0.800. The van der Waals surface area contributed by atoms with Crippen LogP contribution in [-0.2, 0) is 4.79 Å². The Bertz CT molecular complexity index is 478. The highest BCUT2D eigenvalue weighted by Gasteiger charge is 2.12. The predicted octanol–water partition coefficient (Wildman–Crippen LogP) is 4.04. The highest BCUT2D eigenvalue weighted by Crippen LogP contribution is 2.33. The van der Waals surface area contributed by atoms with Crippen molar-refractivity contribution in [2.75, 3.05) is 0 Å². The first-order valence-corrected chi connectivity index (χ1v) is 5.88. The van der Waals surface area contributed by atoms with Gasteiger partial charge in [-0.05, 0) is 37.5 Å². The van der Waals surface area contributed by atoms with Gasteiger partial charge >= 0.3 is 5.97 Å². The van der Waals surface area contributed by atoms with Crippen molar-refractivity contribution in [2.24, 2.45) is 0 Å². The third-order valence-electron chi connectivity index (χ3n) is 2.37. The molecule has 1 rings (SSSR count). The monoisotopic (exact) mass is 302 g/mol. The van der Waals surface area contributed by atoms with Gasteiger partial charge in [-0.3, -0.25) is 0 Å². The largest absolute Gasteiger partial charge is 0.478 e. The van der Waals surface area contributed by atoms with E-state index in [1.807, 2.05) is 26.8 Å². The number of halogens is 2. The molecule has 0 saturated heterocycles. The molecule has 1 N–H and O–H groups in total. The summed E-state index contributed by atoms with van der Waals surface area (Å²) in [6.07, 6.45) is 1.01. The molecule has 0 fully saturated rings. The maximum Gasteiger partial charge on any atom is 0.329 e. The van der Waals surface area contributed by atoms with E-state index >= 15 is 0 Å². The van der Waals surface area contributed by atoms with E-state index in [0.717, 1.165) is 32.8 Å². The summed E-state index contributed by atoms with van der Waals surface area (Å²) in [5.74, 6) is -1.04. The minimum absolute atomic E-state index is 0.253. The van der Waals surface area contributed by atoms with Crippen LogP contribution < -0.4 is 0 Å². The van der Waals surface area contributed by atoms with E-state index in [0.29, 0.717) is 0 Å². The molecule has 0 spiro atoms. The number of hydrogen-bond acceptors (Lipinski definition) is 1. The number of rotatable bonds is 2. The fraction of sp³-hybridized carbons (Fsp3) is 0.250. The lowest BCUT2D eigenvalue weighted by molar-refractivity contribution is -0.131. The van der Waals surface area contributed by atoms with Crippen LogP contribution in [0.3, 0.4) is 0 Å². The summed E-state index contributed by atoms with van der Waals surface area (Å²) in [6, 6.07) is 1.98. The zero-order valence-corrected chi connectivity index (χ0v) is 11.6. The molecule has 0 amide bonds. The quantitative estimate of drug-likeness (QED) is 0.837. The molecule has 4 heteroatoms. The lowest BCUT2D eigenvalue weighted by Gasteiger charge is -2.12. The van der Waals surface area contributed by atoms with Crippen LogP contribution in [0, 0.1) is 20.8 Å². The summed E-state index contributed by atoms with van der Waals surface area (Å²) in [6.45, 7) is 5.82. The van der Waals surface area contributed by atoms with Crippen molar-refractivity contribution in [3.05, 3.63) is 38.9 Å². The van der Waals surface area contributed by atoms with Crippen molar-refractivity contribution in [1.29, 1.82) is 0 Å². The standard InChI is InChI=1S/C12H12BrClO2/c1-6-4-7(2)12(13)8(3)11(6)9(14)5-10(15)16/h4-5H,1-3H3,(H,15,16)/b9-5+. The lowest BCUT2D eigenvalue weighted by Crippen LogP contribution is -1.96. The van der Waals surface area contributed by atoms with Crippen LogP contribution in [0.5, 0.6) is 0 Å². The SMILES string of the molecule is Cc1cc(C)c(/C(Cl)=C\C(=O)O)c(C)c1Br. The molecule has 0 radical (unpaired) electrons. The zero-order chi connectivity index (χ0) is 12.5. The highest BCUT2D eigenvalue weighted by atomic mass is 79.9. The summed E-state index contributed by atoms with van der Waals surface area (Å²) >= 11 is 9.46. The molecule has 2 nitrogen and oxygen atoms in total. The average molecular weight is 304 g/mol. The summed E-state index contributed by atoms with van der Waals surface area (Å²) in [5, 5.41) is 8.93. The Morgan fingerprint density at radius 3 is 2.44 bits per heavy atom. The van der Waals surface area contributed by atoms with Crippen molar-refractivity contribution in [1.82, 2.24) is 0 Å². The molecule has 0 aliphatic heterocycles. The molecule has 1 aromatic rings. The van der Waals surface area contributed by atoms with Crippen LogP contribution in [0.2, 0.25) is 0 Å². The molecule has 16 heavy (non-hydrogen) atoms. The van der Waals surface area contributed by atoms with Crippen LogP contribution in [0.15, 0.2) is 16.6 Å². The van der Waals surface area contributed by atoms with Crippen molar-refractivity contribution in [3.63, 3.8) is 0 Å². The summed E-state index contributed by atoms with van der Waals surface area (Å²) < 4.78 is 0.963. The fourth-order valence-electron chi connectivity index (χ4n) is 1.71. The Kier molecular flexibility index (Phi) is 4.16. The maximum absolute atomic E-state index is 10.6. The molecule has 0 unspecified atom stereocenters. The minimum Gasteiger partial charge on any atom is -0.478 e. The van der Waals surface area contributed by atoms with Gasteiger partial charge in [0.05, 0.1) is 5.03 Å². The van der Waals surface area contributed by atoms with Gasteiger partial charge in [0.2, 0.25) is 0 Å². The predicted molar refractivity (Wildman–Crippen MR) is 69.8 cm³/mol. The lowest BCUT2D eigenvalue weighted by atomic mass is 9.99. The molecule has 0 heterocycles. The van der Waals surface area contributed by atoms with E-state index in [2.05, 4.69) is 15.9 Å². The summed E-state index contributed by atoms with van der Waals surface area (Å²) in [4.78, 5) is 10.6. The molecule has 0 bridgehead atoms. The second-order valence-corrected chi connectivity index (χ2v) is 4.86. The topological polar surface area (TPSA) is 37.3 Å². The van der Waals surface area contributed by atoms with Gasteiger partial charge in [-0.2, -0.15) is 0 Å². The Morgan fingerprint density at radius 2 is 1.94 bits per heavy atom. The average Bonchev–Trinajstić information content (AvgIpc) is 2.13. The number of carboxylic acids is 1. The smallest absolute Gasteiger partial charge is 0.329 e. The van der Waals surface area contributed by atoms with Crippen LogP contribution in [-0.4, -0.2) is 11.1 Å². The molecule has 0 aliphatic rings. The Balaban J connectivity index is 3.46. The number of carboxylic acid groups (broad SMARTS) is 1.